The molecule has 20 heavy (non-hydrogen) atoms. The smallest absolute Gasteiger partial charge is 0.127 e. The van der Waals surface area contributed by atoms with Crippen LogP contribution in [0.2, 0.25) is 0 Å². The topological polar surface area (TPSA) is 41.5 Å². The van der Waals surface area contributed by atoms with Crippen LogP contribution in [-0.2, 0) is 13.0 Å². The number of ether oxygens (including phenoxy) is 1. The Morgan fingerprint density at radius 2 is 2.35 bits per heavy atom. The number of hydrogen-bond acceptors (Lipinski definition) is 4. The molecule has 0 radical (unpaired) electrons. The molecule has 2 N–H and O–H groups in total. The van der Waals surface area contributed by atoms with Crippen LogP contribution in [0.5, 0.6) is 5.75 Å². The maximum atomic E-state index is 10.0. The van der Waals surface area contributed by atoms with Crippen molar-refractivity contribution in [1.82, 2.24) is 5.32 Å². The molecule has 1 aromatic carbocycles. The molecule has 0 aliphatic carbocycles. The fourth-order valence-electron chi connectivity index (χ4n) is 2.40. The van der Waals surface area contributed by atoms with Crippen LogP contribution >= 0.6 is 27.3 Å². The zero-order valence-corrected chi connectivity index (χ0v) is 13.3. The van der Waals surface area contributed by atoms with Crippen LogP contribution in [-0.4, -0.2) is 18.3 Å². The van der Waals surface area contributed by atoms with Gasteiger partial charge in [0, 0.05) is 29.5 Å². The van der Waals surface area contributed by atoms with Crippen molar-refractivity contribution in [3.8, 4) is 5.75 Å². The maximum Gasteiger partial charge on any atom is 0.127 e. The summed E-state index contributed by atoms with van der Waals surface area (Å²) in [6.45, 7) is 2.00. The van der Waals surface area contributed by atoms with Gasteiger partial charge in [-0.2, -0.15) is 11.3 Å². The van der Waals surface area contributed by atoms with Crippen LogP contribution in [0.4, 0.5) is 0 Å². The molecule has 0 saturated heterocycles. The molecule has 3 rings (SSSR count). The normalized spacial score (nSPS) is 14.9. The quantitative estimate of drug-likeness (QED) is 0.866. The van der Waals surface area contributed by atoms with E-state index in [4.69, 9.17) is 4.74 Å². The first kappa shape index (κ1) is 14.1. The largest absolute Gasteiger partial charge is 0.493 e. The van der Waals surface area contributed by atoms with Crippen molar-refractivity contribution in [2.24, 2.45) is 0 Å². The van der Waals surface area contributed by atoms with E-state index in [1.54, 1.807) is 11.3 Å². The van der Waals surface area contributed by atoms with E-state index in [-0.39, 0.29) is 0 Å². The van der Waals surface area contributed by atoms with Crippen LogP contribution in [0.15, 0.2) is 33.4 Å². The molecule has 0 saturated carbocycles. The van der Waals surface area contributed by atoms with Gasteiger partial charge in [0.15, 0.2) is 0 Å². The Labute approximate surface area is 130 Å². The highest BCUT2D eigenvalue weighted by molar-refractivity contribution is 9.10. The average molecular weight is 354 g/mol. The lowest BCUT2D eigenvalue weighted by Gasteiger charge is -2.13. The van der Waals surface area contributed by atoms with Crippen molar-refractivity contribution in [2.75, 3.05) is 13.2 Å². The van der Waals surface area contributed by atoms with Crippen molar-refractivity contribution >= 4 is 27.3 Å². The zero-order chi connectivity index (χ0) is 13.9. The van der Waals surface area contributed by atoms with Crippen LogP contribution < -0.4 is 10.1 Å². The predicted octanol–water partition coefficient (Wildman–Crippen LogP) is 3.27. The number of thiophene rings is 1. The summed E-state index contributed by atoms with van der Waals surface area (Å²) >= 11 is 5.14. The van der Waals surface area contributed by atoms with E-state index in [9.17, 15) is 5.11 Å². The first-order valence-electron chi connectivity index (χ1n) is 6.59. The Hall–Kier alpha value is -0.880. The fraction of sp³-hybridized carbons (Fsp3) is 0.333. The van der Waals surface area contributed by atoms with E-state index >= 15 is 0 Å². The highest BCUT2D eigenvalue weighted by Crippen LogP contribution is 2.32. The number of hydrogen-bond donors (Lipinski definition) is 2. The number of aliphatic hydroxyl groups is 1. The van der Waals surface area contributed by atoms with Crippen molar-refractivity contribution in [1.29, 1.82) is 0 Å². The number of halogens is 1. The monoisotopic (exact) mass is 353 g/mol. The highest BCUT2D eigenvalue weighted by atomic mass is 79.9. The third-order valence-corrected chi connectivity index (χ3v) is 4.57. The minimum Gasteiger partial charge on any atom is -0.493 e. The molecule has 0 bridgehead atoms. The highest BCUT2D eigenvalue weighted by Gasteiger charge is 2.17. The lowest BCUT2D eigenvalue weighted by molar-refractivity contribution is 0.174. The van der Waals surface area contributed by atoms with Gasteiger partial charge in [-0.3, -0.25) is 0 Å². The van der Waals surface area contributed by atoms with E-state index in [0.717, 1.165) is 34.4 Å². The second-order valence-corrected chi connectivity index (χ2v) is 6.55. The molecule has 3 nitrogen and oxygen atoms in total. The summed E-state index contributed by atoms with van der Waals surface area (Å²) < 4.78 is 6.77. The lowest BCUT2D eigenvalue weighted by atomic mass is 10.1. The zero-order valence-electron chi connectivity index (χ0n) is 10.9. The van der Waals surface area contributed by atoms with Crippen LogP contribution in [0.3, 0.4) is 0 Å². The number of fused-ring (bicyclic) bond motifs is 1. The van der Waals surface area contributed by atoms with Gasteiger partial charge in [0.2, 0.25) is 0 Å². The van der Waals surface area contributed by atoms with Gasteiger partial charge in [0.1, 0.15) is 5.75 Å². The molecule has 1 atom stereocenters. The van der Waals surface area contributed by atoms with Crippen LogP contribution in [0.25, 0.3) is 0 Å². The van der Waals surface area contributed by atoms with Gasteiger partial charge in [-0.05, 0) is 40.1 Å². The molecule has 1 unspecified atom stereocenters. The summed E-state index contributed by atoms with van der Waals surface area (Å²) in [5.74, 6) is 1.01. The van der Waals surface area contributed by atoms with E-state index in [0.29, 0.717) is 13.1 Å². The van der Waals surface area contributed by atoms with Crippen LogP contribution in [0.1, 0.15) is 22.8 Å². The van der Waals surface area contributed by atoms with Crippen molar-refractivity contribution in [3.05, 3.63) is 50.1 Å². The van der Waals surface area contributed by atoms with Gasteiger partial charge in [0.25, 0.3) is 0 Å². The molecule has 2 aromatic rings. The summed E-state index contributed by atoms with van der Waals surface area (Å²) in [6.07, 6.45) is 0.515. The minimum atomic E-state index is -0.456. The maximum absolute atomic E-state index is 10.0. The Morgan fingerprint density at radius 3 is 3.15 bits per heavy atom. The van der Waals surface area contributed by atoms with Gasteiger partial charge in [-0.25, -0.2) is 0 Å². The molecule has 1 aromatic heterocycles. The lowest BCUT2D eigenvalue weighted by Crippen LogP contribution is -2.21. The Kier molecular flexibility index (Phi) is 4.41. The third-order valence-electron chi connectivity index (χ3n) is 3.41. The Bertz CT molecular complexity index is 586. The fourth-order valence-corrected chi connectivity index (χ4v) is 3.66. The summed E-state index contributed by atoms with van der Waals surface area (Å²) in [5, 5.41) is 17.3. The van der Waals surface area contributed by atoms with Gasteiger partial charge in [-0.15, -0.1) is 0 Å². The molecular weight excluding hydrogens is 338 g/mol. The van der Waals surface area contributed by atoms with Gasteiger partial charge in [-0.1, -0.05) is 15.9 Å². The molecule has 106 valence electrons. The SMILES string of the molecule is OC(CNCc1cc(Br)cc2c1OCC2)c1ccsc1. The first-order chi connectivity index (χ1) is 9.74. The minimum absolute atomic E-state index is 0.456. The average Bonchev–Trinajstić information content (AvgIpc) is 3.09. The van der Waals surface area contributed by atoms with Gasteiger partial charge in [0.05, 0.1) is 12.7 Å². The second kappa shape index (κ2) is 6.26. The number of benzene rings is 1. The van der Waals surface area contributed by atoms with Crippen molar-refractivity contribution < 1.29 is 9.84 Å². The summed E-state index contributed by atoms with van der Waals surface area (Å²) in [6, 6.07) is 6.15. The molecular formula is C15H16BrNO2S. The summed E-state index contributed by atoms with van der Waals surface area (Å²) in [4.78, 5) is 0. The van der Waals surface area contributed by atoms with Gasteiger partial charge < -0.3 is 15.2 Å². The molecule has 0 amide bonds. The number of aliphatic hydroxyl groups excluding tert-OH is 1. The second-order valence-electron chi connectivity index (χ2n) is 4.86. The molecule has 1 aliphatic heterocycles. The Morgan fingerprint density at radius 1 is 1.45 bits per heavy atom. The first-order valence-corrected chi connectivity index (χ1v) is 8.32. The molecule has 2 heterocycles. The van der Waals surface area contributed by atoms with E-state index in [2.05, 4.69) is 33.4 Å². The van der Waals surface area contributed by atoms with Crippen molar-refractivity contribution in [2.45, 2.75) is 19.1 Å². The van der Waals surface area contributed by atoms with E-state index in [1.807, 2.05) is 16.8 Å². The van der Waals surface area contributed by atoms with Crippen molar-refractivity contribution in [3.63, 3.8) is 0 Å². The van der Waals surface area contributed by atoms with Gasteiger partial charge >= 0.3 is 0 Å². The summed E-state index contributed by atoms with van der Waals surface area (Å²) in [7, 11) is 0. The predicted molar refractivity (Wildman–Crippen MR) is 84.3 cm³/mol. The van der Waals surface area contributed by atoms with E-state index in [1.165, 1.54) is 5.56 Å². The standard InChI is InChI=1S/C15H16BrNO2S/c16-13-5-10-1-3-19-15(10)12(6-13)7-17-8-14(18)11-2-4-20-9-11/h2,4-6,9,14,17-18H,1,3,7-8H2. The number of nitrogens with one attached hydrogen (secondary N) is 1. The molecule has 1 aliphatic rings. The molecule has 0 fully saturated rings. The Balaban J connectivity index is 1.62. The molecule has 0 spiro atoms. The summed E-state index contributed by atoms with van der Waals surface area (Å²) in [5.41, 5.74) is 3.37. The third kappa shape index (κ3) is 3.06. The van der Waals surface area contributed by atoms with Crippen LogP contribution in [0, 0.1) is 0 Å². The number of rotatable bonds is 5. The molecule has 5 heteroatoms. The van der Waals surface area contributed by atoms with E-state index < -0.39 is 6.10 Å².